The quantitative estimate of drug-likeness (QED) is 0.796. The van der Waals surface area contributed by atoms with Crippen molar-refractivity contribution >= 4 is 15.7 Å². The molecule has 5 nitrogen and oxygen atoms in total. The summed E-state index contributed by atoms with van der Waals surface area (Å²) in [6.07, 6.45) is 5.22. The highest BCUT2D eigenvalue weighted by Gasteiger charge is 2.28. The Kier molecular flexibility index (Phi) is 4.61. The van der Waals surface area contributed by atoms with E-state index in [1.54, 1.807) is 0 Å². The molecule has 2 aliphatic heterocycles. The summed E-state index contributed by atoms with van der Waals surface area (Å²) in [6.45, 7) is 1.98. The van der Waals surface area contributed by atoms with E-state index in [0.717, 1.165) is 25.9 Å². The summed E-state index contributed by atoms with van der Waals surface area (Å²) in [5.74, 6) is 0.546. The van der Waals surface area contributed by atoms with Crippen LogP contribution in [0.25, 0.3) is 0 Å². The van der Waals surface area contributed by atoms with E-state index in [2.05, 4.69) is 5.32 Å². The van der Waals surface area contributed by atoms with Gasteiger partial charge in [0.15, 0.2) is 9.84 Å². The van der Waals surface area contributed by atoms with Crippen LogP contribution in [0, 0.1) is 0 Å². The molecular weight excluding hydrogens is 252 g/mol. The van der Waals surface area contributed by atoms with Crippen molar-refractivity contribution in [3.8, 4) is 0 Å². The van der Waals surface area contributed by atoms with Gasteiger partial charge in [-0.3, -0.25) is 4.79 Å². The molecule has 0 saturated carbocycles. The lowest BCUT2D eigenvalue weighted by Crippen LogP contribution is -2.42. The van der Waals surface area contributed by atoms with Gasteiger partial charge in [-0.15, -0.1) is 0 Å². The van der Waals surface area contributed by atoms with Crippen molar-refractivity contribution in [2.45, 2.75) is 38.1 Å². The molecule has 1 N–H and O–H groups in total. The van der Waals surface area contributed by atoms with Crippen LogP contribution in [0.5, 0.6) is 0 Å². The Bertz CT molecular complexity index is 386. The third kappa shape index (κ3) is 3.95. The number of likely N-dealkylation sites (tertiary alicyclic amines) is 1. The van der Waals surface area contributed by atoms with Gasteiger partial charge in [-0.2, -0.15) is 0 Å². The predicted octanol–water partition coefficient (Wildman–Crippen LogP) is 0.166. The van der Waals surface area contributed by atoms with Crippen molar-refractivity contribution in [2.24, 2.45) is 0 Å². The number of sulfone groups is 1. The number of carbonyl (C=O) groups excluding carboxylic acids is 1. The number of nitrogens with one attached hydrogen (secondary N) is 1. The van der Waals surface area contributed by atoms with Crippen LogP contribution in [-0.4, -0.2) is 56.4 Å². The zero-order valence-corrected chi connectivity index (χ0v) is 11.5. The highest BCUT2D eigenvalue weighted by Crippen LogP contribution is 2.12. The van der Waals surface area contributed by atoms with E-state index < -0.39 is 9.84 Å². The van der Waals surface area contributed by atoms with Gasteiger partial charge >= 0.3 is 0 Å². The largest absolute Gasteiger partial charge is 0.342 e. The van der Waals surface area contributed by atoms with Crippen molar-refractivity contribution < 1.29 is 13.2 Å². The Morgan fingerprint density at radius 3 is 2.39 bits per heavy atom. The van der Waals surface area contributed by atoms with Crippen molar-refractivity contribution in [1.82, 2.24) is 10.2 Å². The van der Waals surface area contributed by atoms with Crippen LogP contribution >= 0.6 is 0 Å². The Morgan fingerprint density at radius 2 is 1.83 bits per heavy atom. The summed E-state index contributed by atoms with van der Waals surface area (Å²) >= 11 is 0. The van der Waals surface area contributed by atoms with Crippen LogP contribution in [-0.2, 0) is 14.6 Å². The molecule has 2 aliphatic rings. The molecule has 0 bridgehead atoms. The Hall–Kier alpha value is -0.620. The lowest BCUT2D eigenvalue weighted by atomic mass is 10.2. The van der Waals surface area contributed by atoms with Crippen molar-refractivity contribution in [2.75, 3.05) is 31.1 Å². The van der Waals surface area contributed by atoms with E-state index in [0.29, 0.717) is 6.42 Å². The predicted molar refractivity (Wildman–Crippen MR) is 70.1 cm³/mol. The summed E-state index contributed by atoms with van der Waals surface area (Å²) in [4.78, 5) is 13.9. The molecular formula is C12H22N2O3S. The van der Waals surface area contributed by atoms with Crippen LogP contribution in [0.4, 0.5) is 0 Å². The molecule has 0 aromatic heterocycles. The van der Waals surface area contributed by atoms with Gasteiger partial charge in [0.05, 0.1) is 18.1 Å². The topological polar surface area (TPSA) is 66.5 Å². The molecule has 2 rings (SSSR count). The van der Waals surface area contributed by atoms with Crippen LogP contribution in [0.3, 0.4) is 0 Å². The van der Waals surface area contributed by atoms with Crippen LogP contribution in [0.2, 0.25) is 0 Å². The summed E-state index contributed by atoms with van der Waals surface area (Å²) in [5.41, 5.74) is 0. The lowest BCUT2D eigenvalue weighted by Gasteiger charge is -2.21. The minimum atomic E-state index is -2.86. The average molecular weight is 274 g/mol. The smallest absolute Gasteiger partial charge is 0.236 e. The summed E-state index contributed by atoms with van der Waals surface area (Å²) in [6, 6.07) is -0.0362. The fraction of sp³-hybridized carbons (Fsp3) is 0.917. The van der Waals surface area contributed by atoms with E-state index in [1.807, 2.05) is 4.90 Å². The first-order chi connectivity index (χ1) is 8.57. The second-order valence-corrected chi connectivity index (χ2v) is 7.50. The number of hydrogen-bond acceptors (Lipinski definition) is 4. The highest BCUT2D eigenvalue weighted by atomic mass is 32.2. The Labute approximate surface area is 109 Å². The standard InChI is InChI=1S/C12H22N2O3S/c15-12(14-6-3-1-2-4-7-14)9-13-11-5-8-18(16,17)10-11/h11,13H,1-10H2. The molecule has 2 fully saturated rings. The minimum absolute atomic E-state index is 0.0362. The summed E-state index contributed by atoms with van der Waals surface area (Å²) in [7, 11) is -2.86. The molecule has 1 amide bonds. The molecule has 6 heteroatoms. The minimum Gasteiger partial charge on any atom is -0.342 e. The molecule has 0 aromatic rings. The third-order valence-electron chi connectivity index (χ3n) is 3.73. The van der Waals surface area contributed by atoms with Crippen molar-refractivity contribution in [1.29, 1.82) is 0 Å². The molecule has 104 valence electrons. The maximum atomic E-state index is 12.0. The van der Waals surface area contributed by atoms with Crippen molar-refractivity contribution in [3.05, 3.63) is 0 Å². The average Bonchev–Trinajstić information content (AvgIpc) is 2.57. The zero-order valence-electron chi connectivity index (χ0n) is 10.7. The fourth-order valence-electron chi connectivity index (χ4n) is 2.62. The normalized spacial score (nSPS) is 28.0. The molecule has 2 heterocycles. The van der Waals surface area contributed by atoms with Gasteiger partial charge < -0.3 is 10.2 Å². The molecule has 1 atom stereocenters. The maximum Gasteiger partial charge on any atom is 0.236 e. The van der Waals surface area contributed by atoms with Crippen LogP contribution in [0.1, 0.15) is 32.1 Å². The van der Waals surface area contributed by atoms with Gasteiger partial charge in [-0.25, -0.2) is 8.42 Å². The SMILES string of the molecule is O=C(CNC1CCS(=O)(=O)C1)N1CCCCCC1. The van der Waals surface area contributed by atoms with E-state index >= 15 is 0 Å². The molecule has 0 aromatic carbocycles. The maximum absolute atomic E-state index is 12.0. The van der Waals surface area contributed by atoms with Gasteiger partial charge in [-0.1, -0.05) is 12.8 Å². The Morgan fingerprint density at radius 1 is 1.17 bits per heavy atom. The van der Waals surface area contributed by atoms with Crippen LogP contribution < -0.4 is 5.32 Å². The van der Waals surface area contributed by atoms with Crippen molar-refractivity contribution in [3.63, 3.8) is 0 Å². The lowest BCUT2D eigenvalue weighted by molar-refractivity contribution is -0.130. The highest BCUT2D eigenvalue weighted by molar-refractivity contribution is 7.91. The van der Waals surface area contributed by atoms with E-state index in [1.165, 1.54) is 12.8 Å². The van der Waals surface area contributed by atoms with E-state index in [9.17, 15) is 13.2 Å². The Balaban J connectivity index is 1.74. The second-order valence-electron chi connectivity index (χ2n) is 5.28. The molecule has 18 heavy (non-hydrogen) atoms. The molecule has 0 spiro atoms. The van der Waals surface area contributed by atoms with E-state index in [4.69, 9.17) is 0 Å². The molecule has 2 saturated heterocycles. The monoisotopic (exact) mass is 274 g/mol. The zero-order chi connectivity index (χ0) is 13.0. The van der Waals surface area contributed by atoms with Crippen LogP contribution in [0.15, 0.2) is 0 Å². The first-order valence-corrected chi connectivity index (χ1v) is 8.60. The number of hydrogen-bond donors (Lipinski definition) is 1. The number of rotatable bonds is 3. The van der Waals surface area contributed by atoms with E-state index in [-0.39, 0.29) is 30.0 Å². The molecule has 0 aliphatic carbocycles. The fourth-order valence-corrected chi connectivity index (χ4v) is 4.33. The molecule has 1 unspecified atom stereocenters. The van der Waals surface area contributed by atoms with Gasteiger partial charge in [-0.05, 0) is 19.3 Å². The summed E-state index contributed by atoms with van der Waals surface area (Å²) < 4.78 is 22.6. The number of carbonyl (C=O) groups is 1. The summed E-state index contributed by atoms with van der Waals surface area (Å²) in [5, 5.41) is 3.08. The number of amides is 1. The van der Waals surface area contributed by atoms with Gasteiger partial charge in [0.25, 0.3) is 0 Å². The first kappa shape index (κ1) is 13.8. The second kappa shape index (κ2) is 6.02. The van der Waals surface area contributed by atoms with Gasteiger partial charge in [0.2, 0.25) is 5.91 Å². The van der Waals surface area contributed by atoms with Gasteiger partial charge in [0, 0.05) is 19.1 Å². The third-order valence-corrected chi connectivity index (χ3v) is 5.50. The van der Waals surface area contributed by atoms with Gasteiger partial charge in [0.1, 0.15) is 0 Å². The first-order valence-electron chi connectivity index (χ1n) is 6.78. The number of nitrogens with zero attached hydrogens (tertiary/aromatic N) is 1. The molecule has 0 radical (unpaired) electrons.